The second-order valence-corrected chi connectivity index (χ2v) is 13.1. The lowest BCUT2D eigenvalue weighted by Gasteiger charge is -2.21. The number of hydrogen-bond acceptors (Lipinski definition) is 8. The van der Waals surface area contributed by atoms with Gasteiger partial charge in [0.2, 0.25) is 5.91 Å². The van der Waals surface area contributed by atoms with Gasteiger partial charge in [-0.05, 0) is 50.8 Å². The third kappa shape index (κ3) is 4.69. The molecule has 214 valence electrons. The number of nitrogens with zero attached hydrogens (tertiary/aromatic N) is 5. The van der Waals surface area contributed by atoms with Crippen LogP contribution in [-0.2, 0) is 28.0 Å². The molecule has 2 aliphatic rings. The number of carbonyl (C=O) groups excluding carboxylic acids is 2. The van der Waals surface area contributed by atoms with Crippen molar-refractivity contribution in [2.75, 3.05) is 11.1 Å². The smallest absolute Gasteiger partial charge is 0.243 e. The molecule has 9 nitrogen and oxygen atoms in total. The van der Waals surface area contributed by atoms with E-state index in [1.54, 1.807) is 19.9 Å². The van der Waals surface area contributed by atoms with Gasteiger partial charge in [-0.15, -0.1) is 11.3 Å². The maximum absolute atomic E-state index is 14.3. The van der Waals surface area contributed by atoms with Crippen LogP contribution in [0.15, 0.2) is 23.6 Å². The second kappa shape index (κ2) is 9.97. The summed E-state index contributed by atoms with van der Waals surface area (Å²) in [5.74, 6) is 0.671. The molecule has 0 radical (unpaired) electrons. The van der Waals surface area contributed by atoms with E-state index >= 15 is 0 Å². The van der Waals surface area contributed by atoms with E-state index in [1.165, 1.54) is 42.7 Å². The second-order valence-electron chi connectivity index (χ2n) is 12.2. The number of benzene rings is 1. The average molecular weight is 576 g/mol. The molecule has 1 atom stereocenters. The fraction of sp³-hybridized carbons (Fsp3) is 0.467. The van der Waals surface area contributed by atoms with Crippen molar-refractivity contribution in [1.82, 2.24) is 24.7 Å². The molecule has 3 aromatic heterocycles. The molecule has 4 heterocycles. The topological polar surface area (TPSA) is 129 Å². The fourth-order valence-corrected chi connectivity index (χ4v) is 6.96. The Morgan fingerprint density at radius 2 is 1.98 bits per heavy atom. The van der Waals surface area contributed by atoms with Crippen LogP contribution >= 0.6 is 11.3 Å². The third-order valence-electron chi connectivity index (χ3n) is 8.76. The van der Waals surface area contributed by atoms with Crippen LogP contribution in [0.4, 0.5) is 16.0 Å². The predicted molar refractivity (Wildman–Crippen MR) is 157 cm³/mol. The number of rotatable bonds is 7. The minimum absolute atomic E-state index is 0.0730. The first-order valence-electron chi connectivity index (χ1n) is 14.1. The van der Waals surface area contributed by atoms with Gasteiger partial charge in [-0.3, -0.25) is 14.3 Å². The summed E-state index contributed by atoms with van der Waals surface area (Å²) in [5.41, 5.74) is 7.19. The van der Waals surface area contributed by atoms with Crippen LogP contribution in [-0.4, -0.2) is 36.4 Å². The van der Waals surface area contributed by atoms with Gasteiger partial charge < -0.3 is 11.1 Å². The van der Waals surface area contributed by atoms with E-state index in [-0.39, 0.29) is 29.1 Å². The summed E-state index contributed by atoms with van der Waals surface area (Å²) < 4.78 is 16.2. The lowest BCUT2D eigenvalue weighted by atomic mass is 9.83. The van der Waals surface area contributed by atoms with Gasteiger partial charge >= 0.3 is 0 Å². The molecule has 1 saturated carbocycles. The van der Waals surface area contributed by atoms with Gasteiger partial charge in [0.25, 0.3) is 0 Å². The minimum Gasteiger partial charge on any atom is -0.383 e. The van der Waals surface area contributed by atoms with E-state index in [9.17, 15) is 14.0 Å². The van der Waals surface area contributed by atoms with Crippen LogP contribution in [0, 0.1) is 17.2 Å². The number of Topliss-reactive ketones (excluding diaryl/α,β-unsaturated/α-hetero) is 1. The van der Waals surface area contributed by atoms with Crippen LogP contribution in [0.25, 0.3) is 22.4 Å². The van der Waals surface area contributed by atoms with E-state index in [1.807, 2.05) is 23.9 Å². The van der Waals surface area contributed by atoms with E-state index in [4.69, 9.17) is 20.8 Å². The van der Waals surface area contributed by atoms with E-state index in [0.717, 1.165) is 23.9 Å². The van der Waals surface area contributed by atoms with Crippen LogP contribution < -0.4 is 11.1 Å². The van der Waals surface area contributed by atoms with Crippen molar-refractivity contribution in [1.29, 1.82) is 0 Å². The summed E-state index contributed by atoms with van der Waals surface area (Å²) in [5, 5.41) is 10.9. The first-order valence-corrected chi connectivity index (χ1v) is 15.0. The van der Waals surface area contributed by atoms with Crippen LogP contribution in [0.3, 0.4) is 0 Å². The van der Waals surface area contributed by atoms with Crippen LogP contribution in [0.1, 0.15) is 76.1 Å². The highest BCUT2D eigenvalue weighted by molar-refractivity contribution is 7.10. The number of amides is 1. The van der Waals surface area contributed by atoms with Crippen molar-refractivity contribution in [3.63, 3.8) is 0 Å². The summed E-state index contributed by atoms with van der Waals surface area (Å²) in [6.45, 7) is 7.81. The Morgan fingerprint density at radius 3 is 2.71 bits per heavy atom. The Morgan fingerprint density at radius 1 is 1.22 bits per heavy atom. The van der Waals surface area contributed by atoms with Gasteiger partial charge in [0, 0.05) is 29.1 Å². The van der Waals surface area contributed by atoms with E-state index < -0.39 is 10.8 Å². The number of nitrogens with one attached hydrogen (secondary N) is 1. The Labute approximate surface area is 241 Å². The molecule has 4 aromatic rings. The zero-order valence-corrected chi connectivity index (χ0v) is 24.6. The Hall–Kier alpha value is -3.73. The van der Waals surface area contributed by atoms with Crippen molar-refractivity contribution < 1.29 is 14.0 Å². The molecule has 0 bridgehead atoms. The molecule has 11 heteroatoms. The van der Waals surface area contributed by atoms with Crippen molar-refractivity contribution in [2.45, 2.75) is 78.2 Å². The summed E-state index contributed by atoms with van der Waals surface area (Å²) in [6.07, 6.45) is 6.37. The molecular weight excluding hydrogens is 541 g/mol. The lowest BCUT2D eigenvalue weighted by Crippen LogP contribution is -2.33. The van der Waals surface area contributed by atoms with Crippen LogP contribution in [0.5, 0.6) is 0 Å². The first kappa shape index (κ1) is 27.4. The number of thiazole rings is 1. The molecular formula is C30H34FN7O2S. The summed E-state index contributed by atoms with van der Waals surface area (Å²) >= 11 is 1.35. The standard InChI is InChI=1S/C30H34FN7O2S/c1-16(39)29(2,3)13-19-15-41-28(33-19)30(4)22-24(32)34-26(35-25(22)36-27(30)40)23-20-11-10-18(31)12-21(20)38(37-23)14-17-8-6-5-7-9-17/h10-12,15,17H,5-9,13-14H2,1-4H3,(H3,32,34,35,36,40). The molecule has 1 unspecified atom stereocenters. The zero-order chi connectivity index (χ0) is 29.1. The molecule has 41 heavy (non-hydrogen) atoms. The monoisotopic (exact) mass is 575 g/mol. The Balaban J connectivity index is 1.39. The van der Waals surface area contributed by atoms with Gasteiger partial charge in [-0.1, -0.05) is 33.1 Å². The fourth-order valence-electron chi connectivity index (χ4n) is 5.98. The molecule has 6 rings (SSSR count). The summed E-state index contributed by atoms with van der Waals surface area (Å²) in [7, 11) is 0. The largest absolute Gasteiger partial charge is 0.383 e. The maximum Gasteiger partial charge on any atom is 0.243 e. The Bertz CT molecular complexity index is 1690. The maximum atomic E-state index is 14.3. The van der Waals surface area contributed by atoms with Crippen molar-refractivity contribution in [2.24, 2.45) is 11.3 Å². The molecule has 1 aliphatic carbocycles. The third-order valence-corrected chi connectivity index (χ3v) is 9.87. The highest BCUT2D eigenvalue weighted by Gasteiger charge is 2.50. The zero-order valence-electron chi connectivity index (χ0n) is 23.8. The Kier molecular flexibility index (Phi) is 6.67. The van der Waals surface area contributed by atoms with E-state index in [2.05, 4.69) is 10.3 Å². The summed E-state index contributed by atoms with van der Waals surface area (Å²) in [6, 6.07) is 4.60. The number of hydrogen-bond donors (Lipinski definition) is 2. The quantitative estimate of drug-likeness (QED) is 0.291. The number of nitrogen functional groups attached to an aromatic ring is 1. The number of fused-ring (bicyclic) bond motifs is 2. The average Bonchev–Trinajstić information content (AvgIpc) is 3.60. The number of anilines is 2. The van der Waals surface area contributed by atoms with Crippen molar-refractivity contribution in [3.8, 4) is 11.5 Å². The number of carbonyl (C=O) groups is 2. The lowest BCUT2D eigenvalue weighted by molar-refractivity contribution is -0.124. The number of ketones is 1. The molecule has 1 aliphatic heterocycles. The van der Waals surface area contributed by atoms with Gasteiger partial charge in [0.05, 0.1) is 16.8 Å². The number of nitrogens with two attached hydrogens (primary N) is 1. The highest BCUT2D eigenvalue weighted by atomic mass is 32.1. The number of halogens is 1. The molecule has 1 aromatic carbocycles. The molecule has 3 N–H and O–H groups in total. The van der Waals surface area contributed by atoms with Crippen LogP contribution in [0.2, 0.25) is 0 Å². The van der Waals surface area contributed by atoms with Gasteiger partial charge in [-0.25, -0.2) is 19.3 Å². The van der Waals surface area contributed by atoms with E-state index in [0.29, 0.717) is 46.5 Å². The SMILES string of the molecule is CC(=O)C(C)(C)Cc1csc(C2(C)C(=O)Nc3nc(-c4nn(CC5CCCCC5)c5cc(F)ccc45)nc(N)c32)n1. The molecule has 0 spiro atoms. The minimum atomic E-state index is -1.19. The molecule has 1 fully saturated rings. The summed E-state index contributed by atoms with van der Waals surface area (Å²) in [4.78, 5) is 39.6. The molecule has 1 amide bonds. The van der Waals surface area contributed by atoms with Crippen molar-refractivity contribution >= 4 is 45.6 Å². The number of aromatic nitrogens is 5. The first-order chi connectivity index (χ1) is 19.5. The normalized spacial score (nSPS) is 19.5. The molecule has 0 saturated heterocycles. The predicted octanol–water partition coefficient (Wildman–Crippen LogP) is 5.67. The highest BCUT2D eigenvalue weighted by Crippen LogP contribution is 2.46. The van der Waals surface area contributed by atoms with Gasteiger partial charge in [0.15, 0.2) is 5.82 Å². The van der Waals surface area contributed by atoms with Crippen molar-refractivity contribution in [3.05, 3.63) is 45.7 Å². The van der Waals surface area contributed by atoms with Gasteiger partial charge in [-0.2, -0.15) is 5.10 Å². The van der Waals surface area contributed by atoms with Gasteiger partial charge in [0.1, 0.15) is 39.4 Å².